The number of nitrogens with zero attached hydrogens (tertiary/aromatic N) is 2. The third-order valence-corrected chi connectivity index (χ3v) is 6.68. The molecule has 0 saturated carbocycles. The molecule has 2 aromatic carbocycles. The summed E-state index contributed by atoms with van der Waals surface area (Å²) in [6, 6.07) is 15.8. The molecule has 0 saturated heterocycles. The molecule has 0 aliphatic rings. The number of nitrogens with one attached hydrogen (secondary N) is 1. The number of rotatable bonds is 7. The largest absolute Gasteiger partial charge is 0.351 e. The highest BCUT2D eigenvalue weighted by Crippen LogP contribution is 2.22. The van der Waals surface area contributed by atoms with Gasteiger partial charge in [-0.15, -0.1) is 11.3 Å². The van der Waals surface area contributed by atoms with E-state index in [-0.39, 0.29) is 28.8 Å². The van der Waals surface area contributed by atoms with E-state index in [1.54, 1.807) is 16.7 Å². The van der Waals surface area contributed by atoms with Gasteiger partial charge >= 0.3 is 0 Å². The highest BCUT2D eigenvalue weighted by molar-refractivity contribution is 7.99. The molecular weight excluding hydrogens is 457 g/mol. The SMILES string of the molecule is O=C(CSc1nc2ccsc2c(=O)n1Cc1ccccc1)NCc1ccc(F)c(Cl)c1. The Balaban J connectivity index is 1.49. The van der Waals surface area contributed by atoms with Gasteiger partial charge in [-0.25, -0.2) is 9.37 Å². The zero-order valence-corrected chi connectivity index (χ0v) is 18.6. The number of fused-ring (bicyclic) bond motifs is 1. The predicted octanol–water partition coefficient (Wildman–Crippen LogP) is 4.71. The van der Waals surface area contributed by atoms with Crippen molar-refractivity contribution in [3.8, 4) is 0 Å². The summed E-state index contributed by atoms with van der Waals surface area (Å²) < 4.78 is 15.5. The lowest BCUT2D eigenvalue weighted by molar-refractivity contribution is -0.118. The maximum Gasteiger partial charge on any atom is 0.272 e. The highest BCUT2D eigenvalue weighted by atomic mass is 35.5. The van der Waals surface area contributed by atoms with E-state index in [4.69, 9.17) is 11.6 Å². The smallest absolute Gasteiger partial charge is 0.272 e. The van der Waals surface area contributed by atoms with Crippen LogP contribution in [0.4, 0.5) is 4.39 Å². The molecule has 0 aliphatic carbocycles. The molecule has 4 aromatic rings. The van der Waals surface area contributed by atoms with Gasteiger partial charge in [-0.3, -0.25) is 14.2 Å². The first kappa shape index (κ1) is 21.5. The average Bonchev–Trinajstić information content (AvgIpc) is 3.25. The quantitative estimate of drug-likeness (QED) is 0.312. The van der Waals surface area contributed by atoms with Crippen LogP contribution in [0.2, 0.25) is 5.02 Å². The summed E-state index contributed by atoms with van der Waals surface area (Å²) >= 11 is 8.34. The molecule has 1 N–H and O–H groups in total. The summed E-state index contributed by atoms with van der Waals surface area (Å²) in [5.74, 6) is -0.638. The molecule has 1 amide bonds. The lowest BCUT2D eigenvalue weighted by Crippen LogP contribution is -2.26. The minimum atomic E-state index is -0.501. The molecule has 158 valence electrons. The maximum absolute atomic E-state index is 13.3. The number of hydrogen-bond donors (Lipinski definition) is 1. The summed E-state index contributed by atoms with van der Waals surface area (Å²) in [4.78, 5) is 30.0. The van der Waals surface area contributed by atoms with Crippen LogP contribution in [0.1, 0.15) is 11.1 Å². The van der Waals surface area contributed by atoms with Gasteiger partial charge in [0.1, 0.15) is 10.5 Å². The second kappa shape index (κ2) is 9.64. The van der Waals surface area contributed by atoms with Crippen LogP contribution in [0.25, 0.3) is 10.2 Å². The molecule has 0 radical (unpaired) electrons. The molecule has 5 nitrogen and oxygen atoms in total. The molecule has 0 bridgehead atoms. The van der Waals surface area contributed by atoms with Crippen molar-refractivity contribution in [2.75, 3.05) is 5.75 Å². The van der Waals surface area contributed by atoms with Gasteiger partial charge < -0.3 is 5.32 Å². The van der Waals surface area contributed by atoms with Crippen molar-refractivity contribution in [3.05, 3.63) is 92.3 Å². The van der Waals surface area contributed by atoms with Crippen molar-refractivity contribution < 1.29 is 9.18 Å². The summed E-state index contributed by atoms with van der Waals surface area (Å²) in [6.07, 6.45) is 0. The van der Waals surface area contributed by atoms with Crippen molar-refractivity contribution in [1.29, 1.82) is 0 Å². The van der Waals surface area contributed by atoms with Crippen LogP contribution < -0.4 is 10.9 Å². The first-order valence-electron chi connectivity index (χ1n) is 9.36. The monoisotopic (exact) mass is 473 g/mol. The van der Waals surface area contributed by atoms with Gasteiger partial charge in [-0.05, 0) is 34.7 Å². The van der Waals surface area contributed by atoms with Crippen molar-refractivity contribution >= 4 is 50.8 Å². The molecule has 0 fully saturated rings. The number of carbonyl (C=O) groups excluding carboxylic acids is 1. The zero-order chi connectivity index (χ0) is 21.8. The molecule has 0 spiro atoms. The summed E-state index contributed by atoms with van der Waals surface area (Å²) in [5, 5.41) is 5.11. The molecule has 31 heavy (non-hydrogen) atoms. The van der Waals surface area contributed by atoms with Gasteiger partial charge in [0.15, 0.2) is 5.16 Å². The van der Waals surface area contributed by atoms with Crippen LogP contribution in [-0.4, -0.2) is 21.2 Å². The average molecular weight is 474 g/mol. The van der Waals surface area contributed by atoms with E-state index in [1.807, 2.05) is 35.7 Å². The normalized spacial score (nSPS) is 11.0. The molecule has 9 heteroatoms. The fourth-order valence-corrected chi connectivity index (χ4v) is 4.78. The van der Waals surface area contributed by atoms with Gasteiger partial charge in [0, 0.05) is 6.54 Å². The third kappa shape index (κ3) is 5.15. The van der Waals surface area contributed by atoms with Gasteiger partial charge in [0.25, 0.3) is 5.56 Å². The van der Waals surface area contributed by atoms with E-state index in [0.717, 1.165) is 5.56 Å². The van der Waals surface area contributed by atoms with Crippen LogP contribution in [0.3, 0.4) is 0 Å². The first-order chi connectivity index (χ1) is 15.0. The van der Waals surface area contributed by atoms with E-state index in [0.29, 0.717) is 27.5 Å². The number of thioether (sulfide) groups is 1. The number of benzene rings is 2. The number of halogens is 2. The van der Waals surface area contributed by atoms with Gasteiger partial charge in [0.2, 0.25) is 5.91 Å². The number of aromatic nitrogens is 2. The van der Waals surface area contributed by atoms with Crippen LogP contribution in [0, 0.1) is 5.82 Å². The Hall–Kier alpha value is -2.68. The van der Waals surface area contributed by atoms with E-state index in [1.165, 1.54) is 35.2 Å². The second-order valence-electron chi connectivity index (χ2n) is 6.72. The molecule has 2 heterocycles. The van der Waals surface area contributed by atoms with E-state index in [9.17, 15) is 14.0 Å². The van der Waals surface area contributed by atoms with E-state index >= 15 is 0 Å². The lowest BCUT2D eigenvalue weighted by atomic mass is 10.2. The Morgan fingerprint density at radius 2 is 1.97 bits per heavy atom. The van der Waals surface area contributed by atoms with Crippen molar-refractivity contribution in [3.63, 3.8) is 0 Å². The first-order valence-corrected chi connectivity index (χ1v) is 11.6. The van der Waals surface area contributed by atoms with E-state index < -0.39 is 5.82 Å². The molecule has 0 atom stereocenters. The minimum absolute atomic E-state index is 0.0133. The van der Waals surface area contributed by atoms with E-state index in [2.05, 4.69) is 10.3 Å². The van der Waals surface area contributed by atoms with Crippen molar-refractivity contribution in [1.82, 2.24) is 14.9 Å². The third-order valence-electron chi connectivity index (χ3n) is 4.52. The maximum atomic E-state index is 13.3. The molecule has 0 unspecified atom stereocenters. The highest BCUT2D eigenvalue weighted by Gasteiger charge is 2.15. The Morgan fingerprint density at radius 3 is 2.74 bits per heavy atom. The molecule has 2 aromatic heterocycles. The Labute approximate surface area is 190 Å². The van der Waals surface area contributed by atoms with Crippen LogP contribution in [0.15, 0.2) is 69.9 Å². The summed E-state index contributed by atoms with van der Waals surface area (Å²) in [6.45, 7) is 0.603. The van der Waals surface area contributed by atoms with Gasteiger partial charge in [-0.2, -0.15) is 0 Å². The summed E-state index contributed by atoms with van der Waals surface area (Å²) in [5.41, 5.74) is 2.18. The standard InChI is InChI=1S/C22H17ClFN3O2S2/c23-16-10-15(6-7-17(16)24)11-25-19(28)13-31-22-26-18-8-9-30-20(18)21(29)27(22)12-14-4-2-1-3-5-14/h1-10H,11-13H2,(H,25,28). The van der Waals surface area contributed by atoms with Crippen molar-refractivity contribution in [2.45, 2.75) is 18.2 Å². The fourth-order valence-electron chi connectivity index (χ4n) is 2.97. The number of amides is 1. The van der Waals surface area contributed by atoms with Crippen molar-refractivity contribution in [2.24, 2.45) is 0 Å². The summed E-state index contributed by atoms with van der Waals surface area (Å²) in [7, 11) is 0. The molecule has 0 aliphatic heterocycles. The van der Waals surface area contributed by atoms with Gasteiger partial charge in [-0.1, -0.05) is 59.8 Å². The Kier molecular flexibility index (Phi) is 6.70. The van der Waals surface area contributed by atoms with Gasteiger partial charge in [0.05, 0.1) is 22.8 Å². The number of hydrogen-bond acceptors (Lipinski definition) is 5. The lowest BCUT2D eigenvalue weighted by Gasteiger charge is -2.12. The second-order valence-corrected chi connectivity index (χ2v) is 8.99. The van der Waals surface area contributed by atoms with Crippen LogP contribution in [0.5, 0.6) is 0 Å². The topological polar surface area (TPSA) is 64.0 Å². The fraction of sp³-hybridized carbons (Fsp3) is 0.136. The molecular formula is C22H17ClFN3O2S2. The van der Waals surface area contributed by atoms with Crippen LogP contribution in [-0.2, 0) is 17.9 Å². The Bertz CT molecular complexity index is 1290. The molecule has 4 rings (SSSR count). The minimum Gasteiger partial charge on any atom is -0.351 e. The van der Waals surface area contributed by atoms with Crippen LogP contribution >= 0.6 is 34.7 Å². The Morgan fingerprint density at radius 1 is 1.16 bits per heavy atom. The number of carbonyl (C=O) groups is 1. The predicted molar refractivity (Wildman–Crippen MR) is 123 cm³/mol. The number of thiophene rings is 1. The zero-order valence-electron chi connectivity index (χ0n) is 16.2.